The fraction of sp³-hybridized carbons (Fsp3) is 0.278. The second-order valence-electron chi connectivity index (χ2n) is 5.18. The minimum Gasteiger partial charge on any atom is -0.461 e. The molecule has 24 heavy (non-hydrogen) atoms. The number of rotatable bonds is 7. The Labute approximate surface area is 138 Å². The summed E-state index contributed by atoms with van der Waals surface area (Å²) in [4.78, 5) is 11.7. The van der Waals surface area contributed by atoms with Crippen molar-refractivity contribution in [3.63, 3.8) is 0 Å². The molecule has 2 aromatic rings. The van der Waals surface area contributed by atoms with Gasteiger partial charge in [-0.05, 0) is 11.1 Å². The third-order valence-electron chi connectivity index (χ3n) is 3.25. The molecule has 0 saturated heterocycles. The first-order valence-electron chi connectivity index (χ1n) is 7.37. The molecule has 0 saturated carbocycles. The summed E-state index contributed by atoms with van der Waals surface area (Å²) in [5, 5.41) is 0. The van der Waals surface area contributed by atoms with Gasteiger partial charge in [-0.15, -0.1) is 0 Å². The molecule has 0 fully saturated rings. The van der Waals surface area contributed by atoms with Gasteiger partial charge in [0, 0.05) is 0 Å². The molecule has 128 valence electrons. The van der Waals surface area contributed by atoms with Crippen molar-refractivity contribution in [2.75, 3.05) is 0 Å². The number of alkyl halides is 3. The van der Waals surface area contributed by atoms with Crippen LogP contribution in [0.2, 0.25) is 0 Å². The number of hydrogen-bond acceptors (Lipinski definition) is 3. The van der Waals surface area contributed by atoms with Gasteiger partial charge in [-0.1, -0.05) is 60.7 Å². The average Bonchev–Trinajstić information content (AvgIpc) is 2.57. The minimum absolute atomic E-state index is 0.0665. The number of halogens is 3. The highest BCUT2D eigenvalue weighted by atomic mass is 19.4. The SMILES string of the molecule is O=C(CC(OCc1ccccc1)C(F)(F)F)OCc1ccccc1. The van der Waals surface area contributed by atoms with Crippen molar-refractivity contribution in [2.24, 2.45) is 0 Å². The Morgan fingerprint density at radius 1 is 0.875 bits per heavy atom. The maximum Gasteiger partial charge on any atom is 0.415 e. The van der Waals surface area contributed by atoms with Crippen molar-refractivity contribution in [3.8, 4) is 0 Å². The number of carbonyl (C=O) groups excluding carboxylic acids is 1. The molecule has 1 unspecified atom stereocenters. The van der Waals surface area contributed by atoms with Crippen LogP contribution in [-0.2, 0) is 27.5 Å². The van der Waals surface area contributed by atoms with Crippen molar-refractivity contribution < 1.29 is 27.4 Å². The summed E-state index contributed by atoms with van der Waals surface area (Å²) in [6.45, 7) is -0.292. The van der Waals surface area contributed by atoms with Gasteiger partial charge in [0.1, 0.15) is 6.61 Å². The quantitative estimate of drug-likeness (QED) is 0.708. The molecule has 0 aromatic heterocycles. The zero-order valence-corrected chi connectivity index (χ0v) is 12.8. The average molecular weight is 338 g/mol. The van der Waals surface area contributed by atoms with Crippen molar-refractivity contribution in [1.29, 1.82) is 0 Å². The summed E-state index contributed by atoms with van der Waals surface area (Å²) in [6, 6.07) is 17.2. The van der Waals surface area contributed by atoms with Gasteiger partial charge in [-0.25, -0.2) is 0 Å². The summed E-state index contributed by atoms with van der Waals surface area (Å²) in [7, 11) is 0. The highest BCUT2D eigenvalue weighted by molar-refractivity contribution is 5.70. The molecule has 6 heteroatoms. The third-order valence-corrected chi connectivity index (χ3v) is 3.25. The van der Waals surface area contributed by atoms with Crippen LogP contribution in [0.5, 0.6) is 0 Å². The first-order chi connectivity index (χ1) is 11.4. The number of esters is 1. The lowest BCUT2D eigenvalue weighted by Crippen LogP contribution is -2.34. The summed E-state index contributed by atoms with van der Waals surface area (Å²) in [5.41, 5.74) is 1.31. The van der Waals surface area contributed by atoms with E-state index >= 15 is 0 Å². The van der Waals surface area contributed by atoms with Gasteiger partial charge in [0.05, 0.1) is 13.0 Å². The van der Waals surface area contributed by atoms with Crippen molar-refractivity contribution in [2.45, 2.75) is 31.9 Å². The largest absolute Gasteiger partial charge is 0.461 e. The fourth-order valence-corrected chi connectivity index (χ4v) is 1.99. The molecule has 1 atom stereocenters. The minimum atomic E-state index is -4.64. The lowest BCUT2D eigenvalue weighted by molar-refractivity contribution is -0.228. The van der Waals surface area contributed by atoms with E-state index in [1.807, 2.05) is 0 Å². The molecular formula is C18H17F3O3. The van der Waals surface area contributed by atoms with Crippen LogP contribution in [-0.4, -0.2) is 18.2 Å². The number of ether oxygens (including phenoxy) is 2. The molecule has 2 aromatic carbocycles. The second-order valence-corrected chi connectivity index (χ2v) is 5.18. The number of benzene rings is 2. The van der Waals surface area contributed by atoms with Crippen LogP contribution in [0, 0.1) is 0 Å². The maximum atomic E-state index is 13.0. The van der Waals surface area contributed by atoms with Crippen LogP contribution >= 0.6 is 0 Å². The van der Waals surface area contributed by atoms with Gasteiger partial charge in [0.25, 0.3) is 0 Å². The smallest absolute Gasteiger partial charge is 0.415 e. The Bertz CT molecular complexity index is 627. The normalized spacial score (nSPS) is 12.6. The predicted molar refractivity (Wildman–Crippen MR) is 81.9 cm³/mol. The van der Waals surface area contributed by atoms with Crippen LogP contribution in [0.1, 0.15) is 17.5 Å². The lowest BCUT2D eigenvalue weighted by Gasteiger charge is -2.20. The monoisotopic (exact) mass is 338 g/mol. The van der Waals surface area contributed by atoms with E-state index in [-0.39, 0.29) is 13.2 Å². The van der Waals surface area contributed by atoms with Crippen LogP contribution in [0.3, 0.4) is 0 Å². The topological polar surface area (TPSA) is 35.5 Å². The highest BCUT2D eigenvalue weighted by Gasteiger charge is 2.42. The standard InChI is InChI=1S/C18H17F3O3/c19-18(20,21)16(23-12-14-7-3-1-4-8-14)11-17(22)24-13-15-9-5-2-6-10-15/h1-10,16H,11-13H2. The Kier molecular flexibility index (Phi) is 6.37. The molecule has 0 heterocycles. The summed E-state index contributed by atoms with van der Waals surface area (Å²) >= 11 is 0. The molecule has 0 N–H and O–H groups in total. The van der Waals surface area contributed by atoms with Crippen molar-refractivity contribution in [1.82, 2.24) is 0 Å². The van der Waals surface area contributed by atoms with E-state index in [9.17, 15) is 18.0 Å². The number of hydrogen-bond donors (Lipinski definition) is 0. The van der Waals surface area contributed by atoms with Crippen molar-refractivity contribution in [3.05, 3.63) is 71.8 Å². The predicted octanol–water partition coefficient (Wildman–Crippen LogP) is 4.27. The Morgan fingerprint density at radius 2 is 1.38 bits per heavy atom. The van der Waals surface area contributed by atoms with E-state index in [2.05, 4.69) is 0 Å². The zero-order valence-electron chi connectivity index (χ0n) is 12.8. The van der Waals surface area contributed by atoms with Crippen LogP contribution < -0.4 is 0 Å². The van der Waals surface area contributed by atoms with E-state index in [1.165, 1.54) is 0 Å². The third kappa shape index (κ3) is 6.04. The second kappa shape index (κ2) is 8.49. The van der Waals surface area contributed by atoms with Gasteiger partial charge < -0.3 is 9.47 Å². The van der Waals surface area contributed by atoms with Crippen molar-refractivity contribution >= 4 is 5.97 Å². The van der Waals surface area contributed by atoms with Gasteiger partial charge >= 0.3 is 12.1 Å². The fourth-order valence-electron chi connectivity index (χ4n) is 1.99. The molecule has 3 nitrogen and oxygen atoms in total. The molecular weight excluding hydrogens is 321 g/mol. The number of carbonyl (C=O) groups is 1. The molecule has 0 aliphatic carbocycles. The molecule has 0 amide bonds. The summed E-state index contributed by atoms with van der Waals surface area (Å²) in [5.74, 6) is -0.950. The van der Waals surface area contributed by atoms with Crippen LogP contribution in [0.25, 0.3) is 0 Å². The Balaban J connectivity index is 1.87. The van der Waals surface area contributed by atoms with E-state index in [0.717, 1.165) is 0 Å². The molecule has 0 aliphatic rings. The molecule has 0 spiro atoms. The van der Waals surface area contributed by atoms with Crippen LogP contribution in [0.4, 0.5) is 13.2 Å². The summed E-state index contributed by atoms with van der Waals surface area (Å²) < 4.78 is 48.8. The first-order valence-corrected chi connectivity index (χ1v) is 7.37. The Hall–Kier alpha value is -2.34. The lowest BCUT2D eigenvalue weighted by atomic mass is 10.2. The first kappa shape index (κ1) is 18.0. The zero-order chi connectivity index (χ0) is 17.4. The van der Waals surface area contributed by atoms with E-state index < -0.39 is 24.7 Å². The highest BCUT2D eigenvalue weighted by Crippen LogP contribution is 2.26. The van der Waals surface area contributed by atoms with Gasteiger partial charge in [-0.2, -0.15) is 13.2 Å². The molecule has 0 bridgehead atoms. The van der Waals surface area contributed by atoms with Crippen LogP contribution in [0.15, 0.2) is 60.7 Å². The maximum absolute atomic E-state index is 13.0. The van der Waals surface area contributed by atoms with Gasteiger partial charge in [-0.3, -0.25) is 4.79 Å². The Morgan fingerprint density at radius 3 is 1.88 bits per heavy atom. The van der Waals surface area contributed by atoms with E-state index in [1.54, 1.807) is 60.7 Å². The van der Waals surface area contributed by atoms with Gasteiger partial charge in [0.15, 0.2) is 6.10 Å². The molecule has 2 rings (SSSR count). The van der Waals surface area contributed by atoms with E-state index in [4.69, 9.17) is 9.47 Å². The molecule has 0 aliphatic heterocycles. The van der Waals surface area contributed by atoms with Gasteiger partial charge in [0.2, 0.25) is 0 Å². The summed E-state index contributed by atoms with van der Waals surface area (Å²) in [6.07, 6.45) is -7.70. The van der Waals surface area contributed by atoms with E-state index in [0.29, 0.717) is 11.1 Å². The molecule has 0 radical (unpaired) electrons.